The second-order valence-corrected chi connectivity index (χ2v) is 6.87. The number of ether oxygens (including phenoxy) is 1. The number of nitrogens with zero attached hydrogens (tertiary/aromatic N) is 2. The average molecular weight is 362 g/mol. The van der Waals surface area contributed by atoms with Crippen molar-refractivity contribution in [1.29, 1.82) is 0 Å². The zero-order valence-electron chi connectivity index (χ0n) is 13.9. The van der Waals surface area contributed by atoms with Crippen LogP contribution in [0.25, 0.3) is 0 Å². The fraction of sp³-hybridized carbons (Fsp3) is 0.471. The van der Waals surface area contributed by atoms with Gasteiger partial charge in [0, 0.05) is 19.7 Å². The van der Waals surface area contributed by atoms with Gasteiger partial charge in [-0.15, -0.1) is 5.10 Å². The minimum atomic E-state index is -0.252. The maximum Gasteiger partial charge on any atom is 0.343 e. The van der Waals surface area contributed by atoms with Crippen molar-refractivity contribution in [2.45, 2.75) is 37.1 Å². The summed E-state index contributed by atoms with van der Waals surface area (Å²) >= 11 is 1.26. The number of H-pyrrole nitrogens is 1. The first-order valence-corrected chi connectivity index (χ1v) is 9.41. The van der Waals surface area contributed by atoms with Crippen LogP contribution < -0.4 is 11.0 Å². The molecule has 2 aromatic rings. The quantitative estimate of drug-likeness (QED) is 0.689. The molecule has 25 heavy (non-hydrogen) atoms. The van der Waals surface area contributed by atoms with Crippen molar-refractivity contribution in [3.63, 3.8) is 0 Å². The lowest BCUT2D eigenvalue weighted by Crippen LogP contribution is -2.33. The summed E-state index contributed by atoms with van der Waals surface area (Å²) in [5, 5.41) is 9.88. The van der Waals surface area contributed by atoms with E-state index in [2.05, 4.69) is 15.5 Å². The molecule has 2 heterocycles. The van der Waals surface area contributed by atoms with E-state index in [1.165, 1.54) is 11.8 Å². The topological polar surface area (TPSA) is 89.0 Å². The first-order chi connectivity index (χ1) is 12.2. The second kappa shape index (κ2) is 8.87. The van der Waals surface area contributed by atoms with Crippen molar-refractivity contribution in [2.24, 2.45) is 0 Å². The Kier molecular flexibility index (Phi) is 6.30. The Morgan fingerprint density at radius 2 is 2.24 bits per heavy atom. The summed E-state index contributed by atoms with van der Waals surface area (Å²) in [5.74, 6) is 0.146. The van der Waals surface area contributed by atoms with Gasteiger partial charge in [-0.3, -0.25) is 9.36 Å². The molecule has 2 N–H and O–H groups in total. The van der Waals surface area contributed by atoms with Crippen LogP contribution in [0.15, 0.2) is 40.3 Å². The van der Waals surface area contributed by atoms with Gasteiger partial charge in [0.2, 0.25) is 5.91 Å². The van der Waals surface area contributed by atoms with E-state index in [4.69, 9.17) is 4.74 Å². The van der Waals surface area contributed by atoms with Gasteiger partial charge in [0.15, 0.2) is 5.16 Å². The van der Waals surface area contributed by atoms with Crippen LogP contribution in [0, 0.1) is 0 Å². The molecule has 7 nitrogen and oxygen atoms in total. The van der Waals surface area contributed by atoms with Crippen LogP contribution >= 0.6 is 11.8 Å². The zero-order chi connectivity index (χ0) is 17.5. The molecule has 1 aromatic carbocycles. The van der Waals surface area contributed by atoms with Crippen molar-refractivity contribution in [2.75, 3.05) is 18.9 Å². The first kappa shape index (κ1) is 17.8. The Morgan fingerprint density at radius 3 is 3.00 bits per heavy atom. The van der Waals surface area contributed by atoms with Gasteiger partial charge in [0.05, 0.1) is 11.9 Å². The molecule has 1 saturated heterocycles. The highest BCUT2D eigenvalue weighted by Crippen LogP contribution is 2.14. The second-order valence-electron chi connectivity index (χ2n) is 5.93. The van der Waals surface area contributed by atoms with E-state index in [0.29, 0.717) is 18.2 Å². The van der Waals surface area contributed by atoms with Crippen LogP contribution in [0.2, 0.25) is 0 Å². The molecule has 8 heteroatoms. The van der Waals surface area contributed by atoms with Gasteiger partial charge in [-0.2, -0.15) is 0 Å². The number of aromatic amines is 1. The molecule has 1 aliphatic rings. The van der Waals surface area contributed by atoms with E-state index in [-0.39, 0.29) is 23.5 Å². The SMILES string of the molecule is O=C(CSc1n[nH]c(=O)n1CCc1ccccc1)NCC1CCCO1. The third kappa shape index (κ3) is 5.20. The van der Waals surface area contributed by atoms with E-state index in [1.54, 1.807) is 4.57 Å². The van der Waals surface area contributed by atoms with Gasteiger partial charge in [-0.25, -0.2) is 9.89 Å². The Morgan fingerprint density at radius 1 is 1.40 bits per heavy atom. The summed E-state index contributed by atoms with van der Waals surface area (Å²) in [6, 6.07) is 9.96. The molecule has 0 saturated carbocycles. The molecular formula is C17H22N4O3S. The van der Waals surface area contributed by atoms with Crippen LogP contribution in [-0.4, -0.2) is 45.7 Å². The van der Waals surface area contributed by atoms with Gasteiger partial charge in [0.25, 0.3) is 0 Å². The minimum Gasteiger partial charge on any atom is -0.376 e. The minimum absolute atomic E-state index is 0.0782. The van der Waals surface area contributed by atoms with E-state index in [0.717, 1.165) is 31.4 Å². The summed E-state index contributed by atoms with van der Waals surface area (Å²) in [6.07, 6.45) is 2.91. The van der Waals surface area contributed by atoms with Crippen LogP contribution in [0.4, 0.5) is 0 Å². The lowest BCUT2D eigenvalue weighted by Gasteiger charge is -2.10. The summed E-state index contributed by atoms with van der Waals surface area (Å²) in [5.41, 5.74) is 0.902. The molecule has 0 aliphatic carbocycles. The Labute approximate surface area is 150 Å². The van der Waals surface area contributed by atoms with Gasteiger partial charge < -0.3 is 10.1 Å². The zero-order valence-corrected chi connectivity index (χ0v) is 14.8. The third-order valence-electron chi connectivity index (χ3n) is 4.07. The highest BCUT2D eigenvalue weighted by molar-refractivity contribution is 7.99. The van der Waals surface area contributed by atoms with Gasteiger partial charge in [-0.05, 0) is 24.8 Å². The number of hydrogen-bond acceptors (Lipinski definition) is 5. The number of amides is 1. The van der Waals surface area contributed by atoms with Gasteiger partial charge in [-0.1, -0.05) is 42.1 Å². The van der Waals surface area contributed by atoms with E-state index < -0.39 is 0 Å². The van der Waals surface area contributed by atoms with E-state index >= 15 is 0 Å². The molecular weight excluding hydrogens is 340 g/mol. The molecule has 1 amide bonds. The maximum absolute atomic E-state index is 12.0. The number of hydrogen-bond donors (Lipinski definition) is 2. The van der Waals surface area contributed by atoms with Crippen molar-refractivity contribution in [3.05, 3.63) is 46.4 Å². The molecule has 1 unspecified atom stereocenters. The van der Waals surface area contributed by atoms with Crippen molar-refractivity contribution < 1.29 is 9.53 Å². The van der Waals surface area contributed by atoms with Gasteiger partial charge >= 0.3 is 5.69 Å². The van der Waals surface area contributed by atoms with E-state index in [9.17, 15) is 9.59 Å². The molecule has 1 aromatic heterocycles. The Balaban J connectivity index is 1.49. The molecule has 1 aliphatic heterocycles. The lowest BCUT2D eigenvalue weighted by molar-refractivity contribution is -0.119. The van der Waals surface area contributed by atoms with Crippen molar-refractivity contribution in [1.82, 2.24) is 20.1 Å². The fourth-order valence-electron chi connectivity index (χ4n) is 2.71. The number of aryl methyl sites for hydroxylation is 1. The monoisotopic (exact) mass is 362 g/mol. The summed E-state index contributed by atoms with van der Waals surface area (Å²) in [6.45, 7) is 1.84. The van der Waals surface area contributed by atoms with Crippen molar-refractivity contribution in [3.8, 4) is 0 Å². The number of nitrogens with one attached hydrogen (secondary N) is 2. The van der Waals surface area contributed by atoms with Crippen LogP contribution in [0.5, 0.6) is 0 Å². The lowest BCUT2D eigenvalue weighted by atomic mass is 10.1. The first-order valence-electron chi connectivity index (χ1n) is 8.42. The normalized spacial score (nSPS) is 16.9. The largest absolute Gasteiger partial charge is 0.376 e. The predicted molar refractivity (Wildman–Crippen MR) is 95.7 cm³/mol. The van der Waals surface area contributed by atoms with Gasteiger partial charge in [0.1, 0.15) is 0 Å². The summed E-state index contributed by atoms with van der Waals surface area (Å²) in [4.78, 5) is 23.9. The smallest absolute Gasteiger partial charge is 0.343 e. The molecule has 0 bridgehead atoms. The Hall–Kier alpha value is -2.06. The van der Waals surface area contributed by atoms with E-state index in [1.807, 2.05) is 30.3 Å². The summed E-state index contributed by atoms with van der Waals surface area (Å²) < 4.78 is 7.05. The standard InChI is InChI=1S/C17H22N4O3S/c22-15(18-11-14-7-4-10-24-14)12-25-17-20-19-16(23)21(17)9-8-13-5-2-1-3-6-13/h1-3,5-6,14H,4,7-12H2,(H,18,22)(H,19,23). The maximum atomic E-state index is 12.0. The number of rotatable bonds is 8. The van der Waals surface area contributed by atoms with Crippen molar-refractivity contribution >= 4 is 17.7 Å². The number of carbonyl (C=O) groups excluding carboxylic acids is 1. The molecule has 0 spiro atoms. The highest BCUT2D eigenvalue weighted by Gasteiger charge is 2.17. The van der Waals surface area contributed by atoms with Crippen LogP contribution in [0.3, 0.4) is 0 Å². The summed E-state index contributed by atoms with van der Waals surface area (Å²) in [7, 11) is 0. The molecule has 1 atom stereocenters. The van der Waals surface area contributed by atoms with Crippen LogP contribution in [-0.2, 0) is 22.5 Å². The molecule has 0 radical (unpaired) electrons. The number of benzene rings is 1. The Bertz CT molecular complexity index is 738. The number of aromatic nitrogens is 3. The highest BCUT2D eigenvalue weighted by atomic mass is 32.2. The predicted octanol–water partition coefficient (Wildman–Crippen LogP) is 1.20. The molecule has 134 valence electrons. The number of thioether (sulfide) groups is 1. The molecule has 3 rings (SSSR count). The van der Waals surface area contributed by atoms with Crippen LogP contribution in [0.1, 0.15) is 18.4 Å². The number of carbonyl (C=O) groups is 1. The average Bonchev–Trinajstić information content (AvgIpc) is 3.27. The fourth-order valence-corrected chi connectivity index (χ4v) is 3.51. The third-order valence-corrected chi connectivity index (χ3v) is 5.05. The molecule has 1 fully saturated rings.